The van der Waals surface area contributed by atoms with Crippen LogP contribution in [0.3, 0.4) is 0 Å². The van der Waals surface area contributed by atoms with Gasteiger partial charge in [0.05, 0.1) is 7.11 Å². The van der Waals surface area contributed by atoms with Gasteiger partial charge >= 0.3 is 0 Å². The van der Waals surface area contributed by atoms with Gasteiger partial charge < -0.3 is 4.74 Å². The highest BCUT2D eigenvalue weighted by Crippen LogP contribution is 2.18. The number of carbonyl (C=O) groups is 1. The number of nitrogens with zero attached hydrogens (tertiary/aromatic N) is 1. The second-order valence-electron chi connectivity index (χ2n) is 4.87. The number of para-hydroxylation sites is 1. The van der Waals surface area contributed by atoms with Crippen molar-refractivity contribution in [3.05, 3.63) is 71.3 Å². The average molecular weight is 308 g/mol. The summed E-state index contributed by atoms with van der Waals surface area (Å²) in [4.78, 5) is 11.9. The summed E-state index contributed by atoms with van der Waals surface area (Å²) in [6.07, 6.45) is 6.10. The van der Waals surface area contributed by atoms with Crippen LogP contribution in [0.25, 0.3) is 6.08 Å². The molecule has 0 fully saturated rings. The van der Waals surface area contributed by atoms with Gasteiger partial charge in [-0.1, -0.05) is 37.3 Å². The van der Waals surface area contributed by atoms with Gasteiger partial charge in [-0.2, -0.15) is 5.10 Å². The maximum atomic E-state index is 11.9. The Morgan fingerprint density at radius 3 is 2.61 bits per heavy atom. The molecular weight excluding hydrogens is 288 g/mol. The summed E-state index contributed by atoms with van der Waals surface area (Å²) in [5.74, 6) is 0.562. The summed E-state index contributed by atoms with van der Waals surface area (Å²) in [5.41, 5.74) is 5.24. The molecule has 1 N–H and O–H groups in total. The molecule has 2 rings (SSSR count). The Morgan fingerprint density at radius 1 is 1.17 bits per heavy atom. The van der Waals surface area contributed by atoms with Gasteiger partial charge in [0.15, 0.2) is 0 Å². The van der Waals surface area contributed by atoms with E-state index < -0.39 is 0 Å². The largest absolute Gasteiger partial charge is 0.496 e. The second kappa shape index (κ2) is 8.54. The summed E-state index contributed by atoms with van der Waals surface area (Å²) < 4.78 is 5.25. The Kier molecular flexibility index (Phi) is 6.12. The Hall–Kier alpha value is -2.88. The number of hydrogen-bond acceptors (Lipinski definition) is 3. The van der Waals surface area contributed by atoms with Crippen LogP contribution in [0.2, 0.25) is 0 Å². The molecule has 0 bridgehead atoms. The third-order valence-corrected chi connectivity index (χ3v) is 3.37. The number of aryl methyl sites for hydroxylation is 1. The Balaban J connectivity index is 1.90. The number of hydrazone groups is 1. The highest BCUT2D eigenvalue weighted by molar-refractivity contribution is 5.94. The normalized spacial score (nSPS) is 11.0. The van der Waals surface area contributed by atoms with E-state index in [1.54, 1.807) is 25.3 Å². The van der Waals surface area contributed by atoms with E-state index in [2.05, 4.69) is 17.5 Å². The molecule has 4 heteroatoms. The van der Waals surface area contributed by atoms with Crippen molar-refractivity contribution in [2.75, 3.05) is 7.11 Å². The molecule has 2 aromatic carbocycles. The van der Waals surface area contributed by atoms with Gasteiger partial charge in [-0.05, 0) is 42.3 Å². The molecule has 0 saturated carbocycles. The zero-order valence-electron chi connectivity index (χ0n) is 13.3. The highest BCUT2D eigenvalue weighted by atomic mass is 16.5. The number of ether oxygens (including phenoxy) is 1. The van der Waals surface area contributed by atoms with Crippen molar-refractivity contribution >= 4 is 18.2 Å². The van der Waals surface area contributed by atoms with Crippen LogP contribution < -0.4 is 10.2 Å². The number of methoxy groups -OCH3 is 1. The molecule has 0 radical (unpaired) electrons. The van der Waals surface area contributed by atoms with E-state index in [9.17, 15) is 4.79 Å². The van der Waals surface area contributed by atoms with E-state index in [1.807, 2.05) is 42.5 Å². The van der Waals surface area contributed by atoms with Crippen molar-refractivity contribution in [3.8, 4) is 5.75 Å². The lowest BCUT2D eigenvalue weighted by atomic mass is 10.1. The molecule has 118 valence electrons. The fourth-order valence-electron chi connectivity index (χ4n) is 2.05. The molecule has 0 atom stereocenters. The lowest BCUT2D eigenvalue weighted by Crippen LogP contribution is -2.17. The Morgan fingerprint density at radius 2 is 1.91 bits per heavy atom. The van der Waals surface area contributed by atoms with Crippen LogP contribution in [0.5, 0.6) is 5.75 Å². The van der Waals surface area contributed by atoms with Crippen LogP contribution in [0.4, 0.5) is 0 Å². The fourth-order valence-corrected chi connectivity index (χ4v) is 2.05. The van der Waals surface area contributed by atoms with Crippen molar-refractivity contribution in [2.24, 2.45) is 5.10 Å². The molecule has 0 spiro atoms. The van der Waals surface area contributed by atoms with Gasteiger partial charge in [0.1, 0.15) is 5.75 Å². The molecule has 0 aliphatic rings. The standard InChI is InChI=1S/C19H20N2O2/c1-3-15-10-12-17(13-11-15)19(22)21-20-14-6-8-16-7-4-5-9-18(16)23-2/h4-14H,3H2,1-2H3,(H,21,22)/b8-6+,20-14-. The fraction of sp³-hybridized carbons (Fsp3) is 0.158. The first-order valence-corrected chi connectivity index (χ1v) is 7.46. The summed E-state index contributed by atoms with van der Waals surface area (Å²) >= 11 is 0. The van der Waals surface area contributed by atoms with Crippen LogP contribution in [0.15, 0.2) is 59.7 Å². The first-order valence-electron chi connectivity index (χ1n) is 7.46. The predicted octanol–water partition coefficient (Wildman–Crippen LogP) is 3.69. The number of hydrogen-bond donors (Lipinski definition) is 1. The predicted molar refractivity (Wildman–Crippen MR) is 93.8 cm³/mol. The number of benzene rings is 2. The molecule has 0 aliphatic carbocycles. The third-order valence-electron chi connectivity index (χ3n) is 3.37. The SMILES string of the molecule is CCc1ccc(C(=O)N/N=C\C=C\c2ccccc2OC)cc1. The molecule has 2 aromatic rings. The van der Waals surface area contributed by atoms with Gasteiger partial charge in [0, 0.05) is 17.3 Å². The maximum absolute atomic E-state index is 11.9. The molecule has 0 unspecified atom stereocenters. The van der Waals surface area contributed by atoms with Gasteiger partial charge in [-0.25, -0.2) is 5.43 Å². The number of amides is 1. The van der Waals surface area contributed by atoms with Crippen LogP contribution in [0, 0.1) is 0 Å². The van der Waals surface area contributed by atoms with Gasteiger partial charge in [-0.15, -0.1) is 0 Å². The average Bonchev–Trinajstić information content (AvgIpc) is 2.61. The number of allylic oxidation sites excluding steroid dienone is 1. The molecule has 0 saturated heterocycles. The van der Waals surface area contributed by atoms with Crippen molar-refractivity contribution in [3.63, 3.8) is 0 Å². The van der Waals surface area contributed by atoms with Crippen LogP contribution >= 0.6 is 0 Å². The van der Waals surface area contributed by atoms with Crippen molar-refractivity contribution in [2.45, 2.75) is 13.3 Å². The van der Waals surface area contributed by atoms with Crippen molar-refractivity contribution in [1.29, 1.82) is 0 Å². The molecule has 4 nitrogen and oxygen atoms in total. The topological polar surface area (TPSA) is 50.7 Å². The van der Waals surface area contributed by atoms with E-state index in [4.69, 9.17) is 4.74 Å². The van der Waals surface area contributed by atoms with Crippen LogP contribution in [0.1, 0.15) is 28.4 Å². The molecule has 0 heterocycles. The van der Waals surface area contributed by atoms with E-state index in [-0.39, 0.29) is 5.91 Å². The van der Waals surface area contributed by atoms with E-state index >= 15 is 0 Å². The van der Waals surface area contributed by atoms with Gasteiger partial charge in [0.25, 0.3) is 5.91 Å². The van der Waals surface area contributed by atoms with Gasteiger partial charge in [0.2, 0.25) is 0 Å². The minimum atomic E-state index is -0.227. The quantitative estimate of drug-likeness (QED) is 0.653. The number of rotatable bonds is 6. The number of carbonyl (C=O) groups excluding carboxylic acids is 1. The van der Waals surface area contributed by atoms with Crippen LogP contribution in [-0.4, -0.2) is 19.2 Å². The lowest BCUT2D eigenvalue weighted by molar-refractivity contribution is 0.0955. The van der Waals surface area contributed by atoms with E-state index in [0.717, 1.165) is 17.7 Å². The minimum absolute atomic E-state index is 0.227. The summed E-state index contributed by atoms with van der Waals surface area (Å²) in [6.45, 7) is 2.08. The first kappa shape index (κ1) is 16.5. The van der Waals surface area contributed by atoms with E-state index in [1.165, 1.54) is 11.8 Å². The van der Waals surface area contributed by atoms with Crippen molar-refractivity contribution in [1.82, 2.24) is 5.43 Å². The van der Waals surface area contributed by atoms with Crippen molar-refractivity contribution < 1.29 is 9.53 Å². The Labute approximate surface area is 136 Å². The summed E-state index contributed by atoms with van der Waals surface area (Å²) in [7, 11) is 1.63. The first-order chi connectivity index (χ1) is 11.2. The minimum Gasteiger partial charge on any atom is -0.496 e. The molecule has 0 aliphatic heterocycles. The molecule has 23 heavy (non-hydrogen) atoms. The summed E-state index contributed by atoms with van der Waals surface area (Å²) in [6, 6.07) is 15.2. The van der Waals surface area contributed by atoms with Crippen LogP contribution in [-0.2, 0) is 6.42 Å². The smallest absolute Gasteiger partial charge is 0.271 e. The summed E-state index contributed by atoms with van der Waals surface area (Å²) in [5, 5.41) is 3.91. The zero-order chi connectivity index (χ0) is 16.5. The number of nitrogens with one attached hydrogen (secondary N) is 1. The molecular formula is C19H20N2O2. The second-order valence-corrected chi connectivity index (χ2v) is 4.87. The molecule has 1 amide bonds. The highest BCUT2D eigenvalue weighted by Gasteiger charge is 2.02. The van der Waals surface area contributed by atoms with Gasteiger partial charge in [-0.3, -0.25) is 4.79 Å². The Bertz CT molecular complexity index is 704. The third kappa shape index (κ3) is 4.81. The zero-order valence-corrected chi connectivity index (χ0v) is 13.3. The van der Waals surface area contributed by atoms with E-state index in [0.29, 0.717) is 5.56 Å². The lowest BCUT2D eigenvalue weighted by Gasteiger charge is -2.02. The monoisotopic (exact) mass is 308 g/mol. The molecule has 0 aromatic heterocycles. The maximum Gasteiger partial charge on any atom is 0.271 e.